The summed E-state index contributed by atoms with van der Waals surface area (Å²) in [6.07, 6.45) is 3.43. The summed E-state index contributed by atoms with van der Waals surface area (Å²) in [5, 5.41) is 2.80. The van der Waals surface area contributed by atoms with Crippen LogP contribution in [-0.4, -0.2) is 39.3 Å². The number of benzene rings is 1. The molecule has 0 radical (unpaired) electrons. The Kier molecular flexibility index (Phi) is 4.55. The molecule has 0 bridgehead atoms. The van der Waals surface area contributed by atoms with Crippen LogP contribution >= 0.6 is 0 Å². The lowest BCUT2D eigenvalue weighted by Gasteiger charge is -2.20. The van der Waals surface area contributed by atoms with Crippen molar-refractivity contribution in [2.75, 3.05) is 11.9 Å². The molecule has 0 aliphatic carbocycles. The molecule has 1 fully saturated rings. The number of amides is 2. The summed E-state index contributed by atoms with van der Waals surface area (Å²) < 4.78 is 0. The second kappa shape index (κ2) is 6.78. The van der Waals surface area contributed by atoms with Gasteiger partial charge in [-0.3, -0.25) is 9.59 Å². The van der Waals surface area contributed by atoms with Gasteiger partial charge in [0.25, 0.3) is 0 Å². The van der Waals surface area contributed by atoms with Crippen LogP contribution < -0.4 is 5.32 Å². The molecule has 124 valence electrons. The van der Waals surface area contributed by atoms with E-state index in [1.807, 2.05) is 44.2 Å². The van der Waals surface area contributed by atoms with Crippen molar-refractivity contribution in [1.82, 2.24) is 14.9 Å². The monoisotopic (exact) mass is 324 g/mol. The molecule has 0 saturated carbocycles. The first-order chi connectivity index (χ1) is 11.5. The number of hydrogen-bond donors (Lipinski definition) is 1. The number of likely N-dealkylation sites (tertiary alicyclic amines) is 1. The van der Waals surface area contributed by atoms with Gasteiger partial charge in [0, 0.05) is 24.6 Å². The molecule has 6 nitrogen and oxygen atoms in total. The smallest absolute Gasteiger partial charge is 0.229 e. The number of aromatic nitrogens is 2. The van der Waals surface area contributed by atoms with E-state index < -0.39 is 0 Å². The van der Waals surface area contributed by atoms with Gasteiger partial charge in [0.1, 0.15) is 0 Å². The first kappa shape index (κ1) is 16.1. The Morgan fingerprint density at radius 1 is 1.21 bits per heavy atom. The van der Waals surface area contributed by atoms with Crippen LogP contribution in [0.5, 0.6) is 0 Å². The zero-order valence-corrected chi connectivity index (χ0v) is 13.8. The lowest BCUT2D eigenvalue weighted by molar-refractivity contribution is -0.129. The highest BCUT2D eigenvalue weighted by atomic mass is 16.2. The average Bonchev–Trinajstić information content (AvgIpc) is 2.99. The van der Waals surface area contributed by atoms with Gasteiger partial charge >= 0.3 is 0 Å². The molecule has 3 rings (SSSR count). The normalized spacial score (nSPS) is 17.4. The largest absolute Gasteiger partial charge is 0.339 e. The molecule has 1 N–H and O–H groups in total. The van der Waals surface area contributed by atoms with E-state index in [0.717, 1.165) is 5.56 Å². The molecule has 1 aliphatic heterocycles. The van der Waals surface area contributed by atoms with E-state index in [4.69, 9.17) is 0 Å². The van der Waals surface area contributed by atoms with E-state index in [1.165, 1.54) is 0 Å². The molecule has 1 saturated heterocycles. The van der Waals surface area contributed by atoms with E-state index in [0.29, 0.717) is 18.1 Å². The van der Waals surface area contributed by atoms with Gasteiger partial charge in [-0.2, -0.15) is 0 Å². The summed E-state index contributed by atoms with van der Waals surface area (Å²) in [7, 11) is 0. The van der Waals surface area contributed by atoms with Crippen LogP contribution in [0.25, 0.3) is 11.4 Å². The lowest BCUT2D eigenvalue weighted by Crippen LogP contribution is -2.33. The van der Waals surface area contributed by atoms with Gasteiger partial charge in [-0.1, -0.05) is 30.3 Å². The first-order valence-electron chi connectivity index (χ1n) is 8.02. The number of anilines is 1. The van der Waals surface area contributed by atoms with E-state index in [2.05, 4.69) is 15.3 Å². The fourth-order valence-corrected chi connectivity index (χ4v) is 2.78. The highest BCUT2D eigenvalue weighted by Gasteiger charge is 2.35. The summed E-state index contributed by atoms with van der Waals surface area (Å²) in [4.78, 5) is 34.5. The van der Waals surface area contributed by atoms with Crippen LogP contribution in [-0.2, 0) is 9.59 Å². The number of nitrogens with zero attached hydrogens (tertiary/aromatic N) is 3. The van der Waals surface area contributed by atoms with Crippen LogP contribution in [0, 0.1) is 5.92 Å². The zero-order chi connectivity index (χ0) is 17.1. The third kappa shape index (κ3) is 3.42. The van der Waals surface area contributed by atoms with Crippen molar-refractivity contribution in [3.8, 4) is 11.4 Å². The van der Waals surface area contributed by atoms with E-state index >= 15 is 0 Å². The minimum absolute atomic E-state index is 0.0285. The van der Waals surface area contributed by atoms with Gasteiger partial charge in [0.15, 0.2) is 5.82 Å². The van der Waals surface area contributed by atoms with Crippen LogP contribution in [0.3, 0.4) is 0 Å². The quantitative estimate of drug-likeness (QED) is 0.936. The molecule has 2 amide bonds. The summed E-state index contributed by atoms with van der Waals surface area (Å²) in [5.41, 5.74) is 1.46. The fraction of sp³-hybridized carbons (Fsp3) is 0.333. The Labute approximate surface area is 140 Å². The van der Waals surface area contributed by atoms with Crippen molar-refractivity contribution in [3.05, 3.63) is 42.7 Å². The molecular formula is C18H20N4O2. The SMILES string of the molecule is CC(C)N1C[C@@H](C(=O)Nc2cnc(-c3ccccc3)nc2)CC1=O. The average molecular weight is 324 g/mol. The van der Waals surface area contributed by atoms with Crippen LogP contribution in [0.2, 0.25) is 0 Å². The van der Waals surface area contributed by atoms with Gasteiger partial charge < -0.3 is 10.2 Å². The molecule has 6 heteroatoms. The highest BCUT2D eigenvalue weighted by molar-refractivity contribution is 5.97. The molecule has 2 heterocycles. The summed E-state index contributed by atoms with van der Waals surface area (Å²) >= 11 is 0. The van der Waals surface area contributed by atoms with E-state index in [9.17, 15) is 9.59 Å². The summed E-state index contributed by atoms with van der Waals surface area (Å²) in [6.45, 7) is 4.37. The Morgan fingerprint density at radius 3 is 2.46 bits per heavy atom. The van der Waals surface area contributed by atoms with Gasteiger partial charge in [0.2, 0.25) is 11.8 Å². The van der Waals surface area contributed by atoms with Crippen molar-refractivity contribution in [1.29, 1.82) is 0 Å². The molecule has 1 aromatic carbocycles. The molecule has 0 spiro atoms. The summed E-state index contributed by atoms with van der Waals surface area (Å²) in [5.74, 6) is 0.146. The van der Waals surface area contributed by atoms with Gasteiger partial charge in [-0.15, -0.1) is 0 Å². The predicted molar refractivity (Wildman–Crippen MR) is 91.1 cm³/mol. The Bertz CT molecular complexity index is 728. The van der Waals surface area contributed by atoms with Crippen molar-refractivity contribution in [2.45, 2.75) is 26.3 Å². The lowest BCUT2D eigenvalue weighted by atomic mass is 10.1. The summed E-state index contributed by atoms with van der Waals surface area (Å²) in [6, 6.07) is 9.75. The van der Waals surface area contributed by atoms with Crippen LogP contribution in [0.4, 0.5) is 5.69 Å². The molecule has 1 atom stereocenters. The zero-order valence-electron chi connectivity index (χ0n) is 13.8. The Hall–Kier alpha value is -2.76. The standard InChI is InChI=1S/C18H20N4O2/c1-12(2)22-11-14(8-16(22)23)18(24)21-15-9-19-17(20-10-15)13-6-4-3-5-7-13/h3-7,9-10,12,14H,8,11H2,1-2H3,(H,21,24)/t14-/m0/s1. The number of nitrogens with one attached hydrogen (secondary N) is 1. The topological polar surface area (TPSA) is 75.2 Å². The molecule has 0 unspecified atom stereocenters. The number of carbonyl (C=O) groups excluding carboxylic acids is 2. The number of carbonyl (C=O) groups is 2. The molecule has 1 aliphatic rings. The maximum absolute atomic E-state index is 12.3. The molecule has 1 aromatic heterocycles. The second-order valence-corrected chi connectivity index (χ2v) is 6.19. The Balaban J connectivity index is 1.64. The van der Waals surface area contributed by atoms with Crippen molar-refractivity contribution < 1.29 is 9.59 Å². The minimum Gasteiger partial charge on any atom is -0.339 e. The van der Waals surface area contributed by atoms with Gasteiger partial charge in [-0.05, 0) is 13.8 Å². The van der Waals surface area contributed by atoms with Crippen molar-refractivity contribution in [2.24, 2.45) is 5.92 Å². The van der Waals surface area contributed by atoms with Crippen molar-refractivity contribution >= 4 is 17.5 Å². The third-order valence-electron chi connectivity index (χ3n) is 4.10. The van der Waals surface area contributed by atoms with E-state index in [-0.39, 0.29) is 30.2 Å². The molecular weight excluding hydrogens is 304 g/mol. The third-order valence-corrected chi connectivity index (χ3v) is 4.10. The van der Waals surface area contributed by atoms with Gasteiger partial charge in [-0.25, -0.2) is 9.97 Å². The molecule has 24 heavy (non-hydrogen) atoms. The minimum atomic E-state index is -0.325. The molecule has 2 aromatic rings. The first-order valence-corrected chi connectivity index (χ1v) is 8.02. The van der Waals surface area contributed by atoms with Crippen LogP contribution in [0.15, 0.2) is 42.7 Å². The van der Waals surface area contributed by atoms with E-state index in [1.54, 1.807) is 17.3 Å². The van der Waals surface area contributed by atoms with Gasteiger partial charge in [0.05, 0.1) is 24.0 Å². The predicted octanol–water partition coefficient (Wildman–Crippen LogP) is 2.34. The van der Waals surface area contributed by atoms with Crippen LogP contribution in [0.1, 0.15) is 20.3 Å². The Morgan fingerprint density at radius 2 is 1.88 bits per heavy atom. The fourth-order valence-electron chi connectivity index (χ4n) is 2.78. The maximum atomic E-state index is 12.3. The second-order valence-electron chi connectivity index (χ2n) is 6.19. The highest BCUT2D eigenvalue weighted by Crippen LogP contribution is 2.22. The maximum Gasteiger partial charge on any atom is 0.229 e. The number of hydrogen-bond acceptors (Lipinski definition) is 4. The van der Waals surface area contributed by atoms with Crippen molar-refractivity contribution in [3.63, 3.8) is 0 Å². The number of rotatable bonds is 4.